The third kappa shape index (κ3) is 4.63. The monoisotopic (exact) mass is 393 g/mol. The minimum Gasteiger partial charge on any atom is -0.383 e. The van der Waals surface area contributed by atoms with Gasteiger partial charge in [-0.05, 0) is 37.4 Å². The van der Waals surface area contributed by atoms with E-state index in [1.807, 2.05) is 6.07 Å². The van der Waals surface area contributed by atoms with Gasteiger partial charge in [0.2, 0.25) is 0 Å². The topological polar surface area (TPSA) is 81.1 Å². The molecular weight excluding hydrogens is 366 g/mol. The Labute approximate surface area is 170 Å². The molecule has 4 rings (SSSR count). The summed E-state index contributed by atoms with van der Waals surface area (Å²) in [6.45, 7) is 2.50. The zero-order valence-corrected chi connectivity index (χ0v) is 16.9. The molecule has 0 aliphatic heterocycles. The Kier molecular flexibility index (Phi) is 5.87. The predicted molar refractivity (Wildman–Crippen MR) is 115 cm³/mol. The van der Waals surface area contributed by atoms with Crippen molar-refractivity contribution < 1.29 is 4.74 Å². The van der Waals surface area contributed by atoms with E-state index in [0.29, 0.717) is 22.8 Å². The van der Waals surface area contributed by atoms with Crippen molar-refractivity contribution in [2.24, 2.45) is 7.05 Å². The van der Waals surface area contributed by atoms with Gasteiger partial charge in [0.15, 0.2) is 0 Å². The number of rotatable bonds is 9. The Hall–Kier alpha value is -2.77. The first-order valence-electron chi connectivity index (χ1n) is 10.1. The van der Waals surface area contributed by atoms with Gasteiger partial charge in [-0.3, -0.25) is 4.79 Å². The van der Waals surface area contributed by atoms with Crippen molar-refractivity contribution in [1.82, 2.24) is 19.9 Å². The molecule has 0 spiro atoms. The second-order valence-corrected chi connectivity index (χ2v) is 7.52. The lowest BCUT2D eigenvalue weighted by molar-refractivity contribution is 0.199. The van der Waals surface area contributed by atoms with Gasteiger partial charge in [0.25, 0.3) is 5.56 Å². The van der Waals surface area contributed by atoms with Crippen molar-refractivity contribution in [2.45, 2.75) is 25.3 Å². The van der Waals surface area contributed by atoms with Crippen LogP contribution in [0.2, 0.25) is 0 Å². The van der Waals surface area contributed by atoms with Crippen LogP contribution in [0.1, 0.15) is 18.4 Å². The number of benzene rings is 1. The summed E-state index contributed by atoms with van der Waals surface area (Å²) >= 11 is 0. The van der Waals surface area contributed by atoms with Crippen LogP contribution in [0.4, 0.5) is 5.82 Å². The van der Waals surface area contributed by atoms with Gasteiger partial charge in [0, 0.05) is 32.3 Å². The Morgan fingerprint density at radius 1 is 1.21 bits per heavy atom. The highest BCUT2D eigenvalue weighted by atomic mass is 16.5. The fourth-order valence-corrected chi connectivity index (χ4v) is 3.27. The minimum atomic E-state index is -0.0754. The number of pyridine rings is 1. The van der Waals surface area contributed by atoms with Crippen LogP contribution in [0.15, 0.2) is 41.5 Å². The Bertz CT molecular complexity index is 1040. The zero-order chi connectivity index (χ0) is 20.2. The molecule has 0 radical (unpaired) electrons. The molecule has 29 heavy (non-hydrogen) atoms. The minimum absolute atomic E-state index is 0.0754. The number of aryl methyl sites for hydroxylation is 1. The second kappa shape index (κ2) is 8.71. The fourth-order valence-electron chi connectivity index (χ4n) is 3.27. The first-order chi connectivity index (χ1) is 14.2. The van der Waals surface area contributed by atoms with E-state index < -0.39 is 0 Å². The summed E-state index contributed by atoms with van der Waals surface area (Å²) in [5.74, 6) is 0.639. The van der Waals surface area contributed by atoms with Gasteiger partial charge in [-0.25, -0.2) is 9.97 Å². The van der Waals surface area contributed by atoms with E-state index in [2.05, 4.69) is 39.9 Å². The van der Waals surface area contributed by atoms with E-state index in [-0.39, 0.29) is 5.56 Å². The van der Waals surface area contributed by atoms with Crippen LogP contribution in [-0.4, -0.2) is 47.4 Å². The van der Waals surface area contributed by atoms with E-state index in [4.69, 9.17) is 9.72 Å². The molecule has 0 unspecified atom stereocenters. The first kappa shape index (κ1) is 19.5. The van der Waals surface area contributed by atoms with Gasteiger partial charge in [-0.15, -0.1) is 0 Å². The molecule has 0 amide bonds. The lowest BCUT2D eigenvalue weighted by Gasteiger charge is -2.11. The van der Waals surface area contributed by atoms with Crippen molar-refractivity contribution in [3.05, 3.63) is 52.6 Å². The molecule has 1 saturated carbocycles. The number of hydrogen-bond donors (Lipinski definition) is 2. The highest BCUT2D eigenvalue weighted by molar-refractivity contribution is 5.91. The Balaban J connectivity index is 1.58. The number of hydrogen-bond acceptors (Lipinski definition) is 6. The van der Waals surface area contributed by atoms with Crippen molar-refractivity contribution in [1.29, 1.82) is 0 Å². The van der Waals surface area contributed by atoms with Crippen LogP contribution in [0.25, 0.3) is 22.2 Å². The largest absolute Gasteiger partial charge is 0.383 e. The van der Waals surface area contributed by atoms with Crippen molar-refractivity contribution >= 4 is 16.7 Å². The molecule has 152 valence electrons. The molecule has 1 aliphatic carbocycles. The maximum atomic E-state index is 12.6. The van der Waals surface area contributed by atoms with Crippen LogP contribution in [0.5, 0.6) is 0 Å². The van der Waals surface area contributed by atoms with Crippen LogP contribution >= 0.6 is 0 Å². The van der Waals surface area contributed by atoms with E-state index >= 15 is 0 Å². The number of nitrogens with zero attached hydrogens (tertiary/aromatic N) is 3. The Morgan fingerprint density at radius 3 is 2.72 bits per heavy atom. The smallest absolute Gasteiger partial charge is 0.264 e. The lowest BCUT2D eigenvalue weighted by Crippen LogP contribution is -2.21. The maximum absolute atomic E-state index is 12.6. The normalized spacial score (nSPS) is 13.7. The average Bonchev–Trinajstić information content (AvgIpc) is 3.55. The molecule has 1 aromatic carbocycles. The van der Waals surface area contributed by atoms with Crippen LogP contribution < -0.4 is 16.2 Å². The number of fused-ring (bicyclic) bond motifs is 1. The maximum Gasteiger partial charge on any atom is 0.264 e. The summed E-state index contributed by atoms with van der Waals surface area (Å²) in [5.41, 5.74) is 3.71. The zero-order valence-electron chi connectivity index (χ0n) is 16.9. The van der Waals surface area contributed by atoms with Crippen molar-refractivity contribution in [3.63, 3.8) is 0 Å². The summed E-state index contributed by atoms with van der Waals surface area (Å²) in [6.07, 6.45) is 4.75. The summed E-state index contributed by atoms with van der Waals surface area (Å²) in [5, 5.41) is 7.33. The average molecular weight is 393 g/mol. The SMILES string of the molecule is COCCNCCc1ccc(-c2cc3ncn(C)c(=O)c3c(NC3CC3)n2)cc1. The molecule has 0 atom stereocenters. The molecule has 0 bridgehead atoms. The summed E-state index contributed by atoms with van der Waals surface area (Å²) in [7, 11) is 3.42. The molecule has 7 heteroatoms. The van der Waals surface area contributed by atoms with Gasteiger partial charge in [0.1, 0.15) is 11.2 Å². The van der Waals surface area contributed by atoms with E-state index in [0.717, 1.165) is 50.2 Å². The number of aromatic nitrogens is 3. The molecular formula is C22H27N5O2. The molecule has 2 aromatic heterocycles. The van der Waals surface area contributed by atoms with E-state index in [1.165, 1.54) is 10.1 Å². The second-order valence-electron chi connectivity index (χ2n) is 7.52. The molecule has 2 N–H and O–H groups in total. The van der Waals surface area contributed by atoms with Gasteiger partial charge in [-0.2, -0.15) is 0 Å². The molecule has 3 aromatic rings. The molecule has 1 fully saturated rings. The van der Waals surface area contributed by atoms with Gasteiger partial charge >= 0.3 is 0 Å². The quantitative estimate of drug-likeness (QED) is 0.543. The standard InChI is InChI=1S/C22H27N5O2/c1-27-14-24-19-13-18(26-21(20(19)22(27)28)25-17-7-8-17)16-5-3-15(4-6-16)9-10-23-11-12-29-2/h3-6,13-14,17,23H,7-12H2,1-2H3,(H,25,26). The number of ether oxygens (including phenoxy) is 1. The summed E-state index contributed by atoms with van der Waals surface area (Å²) < 4.78 is 6.54. The molecule has 7 nitrogen and oxygen atoms in total. The van der Waals surface area contributed by atoms with Crippen LogP contribution in [0, 0.1) is 0 Å². The fraction of sp³-hybridized carbons (Fsp3) is 0.409. The number of anilines is 1. The van der Waals surface area contributed by atoms with Crippen molar-refractivity contribution in [2.75, 3.05) is 32.1 Å². The van der Waals surface area contributed by atoms with E-state index in [9.17, 15) is 4.79 Å². The molecule has 2 heterocycles. The van der Waals surface area contributed by atoms with Crippen molar-refractivity contribution in [3.8, 4) is 11.3 Å². The molecule has 1 aliphatic rings. The third-order valence-corrected chi connectivity index (χ3v) is 5.14. The van der Waals surface area contributed by atoms with Gasteiger partial charge < -0.3 is 19.9 Å². The predicted octanol–water partition coefficient (Wildman–Crippen LogP) is 2.35. The van der Waals surface area contributed by atoms with Gasteiger partial charge in [0.05, 0.1) is 24.1 Å². The third-order valence-electron chi connectivity index (χ3n) is 5.14. The highest BCUT2D eigenvalue weighted by Gasteiger charge is 2.24. The lowest BCUT2D eigenvalue weighted by atomic mass is 10.1. The summed E-state index contributed by atoms with van der Waals surface area (Å²) in [4.78, 5) is 21.9. The van der Waals surface area contributed by atoms with Gasteiger partial charge in [-0.1, -0.05) is 24.3 Å². The highest BCUT2D eigenvalue weighted by Crippen LogP contribution is 2.29. The van der Waals surface area contributed by atoms with Crippen LogP contribution in [-0.2, 0) is 18.2 Å². The summed E-state index contributed by atoms with van der Waals surface area (Å²) in [6, 6.07) is 10.7. The number of methoxy groups -OCH3 is 1. The van der Waals surface area contributed by atoms with E-state index in [1.54, 1.807) is 20.5 Å². The van der Waals surface area contributed by atoms with Crippen LogP contribution in [0.3, 0.4) is 0 Å². The Morgan fingerprint density at radius 2 is 2.00 bits per heavy atom. The molecule has 0 saturated heterocycles. The first-order valence-corrected chi connectivity index (χ1v) is 10.1. The number of nitrogens with one attached hydrogen (secondary N) is 2.